The average Bonchev–Trinajstić information content (AvgIpc) is 3.07. The van der Waals surface area contributed by atoms with Gasteiger partial charge in [0.15, 0.2) is 0 Å². The Bertz CT molecular complexity index is 775. The summed E-state index contributed by atoms with van der Waals surface area (Å²) in [6, 6.07) is 5.86. The molecule has 7 nitrogen and oxygen atoms in total. The maximum atomic E-state index is 11.7. The minimum absolute atomic E-state index is 0.0888. The fourth-order valence-electron chi connectivity index (χ4n) is 3.32. The smallest absolute Gasteiger partial charge is 0.209 e. The van der Waals surface area contributed by atoms with Gasteiger partial charge in [-0.15, -0.1) is 0 Å². The Kier molecular flexibility index (Phi) is 4.98. The number of hydrogen-bond acceptors (Lipinski definition) is 5. The number of nitrogens with zero attached hydrogens (tertiary/aromatic N) is 4. The van der Waals surface area contributed by atoms with Gasteiger partial charge in [0.1, 0.15) is 0 Å². The minimum atomic E-state index is -3.24. The highest BCUT2D eigenvalue weighted by Crippen LogP contribution is 2.24. The molecule has 130 valence electrons. The van der Waals surface area contributed by atoms with Gasteiger partial charge in [-0.05, 0) is 30.5 Å². The monoisotopic (exact) mass is 349 g/mol. The Morgan fingerprint density at radius 1 is 1.38 bits per heavy atom. The molecule has 3 heterocycles. The van der Waals surface area contributed by atoms with Crippen molar-refractivity contribution >= 4 is 10.0 Å². The molecule has 0 aliphatic carbocycles. The van der Waals surface area contributed by atoms with Crippen LogP contribution in [0.4, 0.5) is 0 Å². The van der Waals surface area contributed by atoms with Crippen LogP contribution in [0.1, 0.15) is 17.7 Å². The first-order valence-corrected chi connectivity index (χ1v) is 9.88. The van der Waals surface area contributed by atoms with Crippen LogP contribution in [0.3, 0.4) is 0 Å². The van der Waals surface area contributed by atoms with Gasteiger partial charge in [-0.25, -0.2) is 13.1 Å². The molecular formula is C16H23N5O2S. The summed E-state index contributed by atoms with van der Waals surface area (Å²) in [7, 11) is -1.35. The van der Waals surface area contributed by atoms with E-state index < -0.39 is 10.0 Å². The predicted molar refractivity (Wildman–Crippen MR) is 91.7 cm³/mol. The van der Waals surface area contributed by atoms with E-state index in [9.17, 15) is 8.42 Å². The van der Waals surface area contributed by atoms with E-state index in [4.69, 9.17) is 0 Å². The van der Waals surface area contributed by atoms with Crippen molar-refractivity contribution in [3.8, 4) is 0 Å². The fourth-order valence-corrected chi connectivity index (χ4v) is 4.14. The molecule has 24 heavy (non-hydrogen) atoms. The molecule has 1 aliphatic heterocycles. The third-order valence-corrected chi connectivity index (χ3v) is 5.05. The Labute approximate surface area is 142 Å². The van der Waals surface area contributed by atoms with Gasteiger partial charge in [0, 0.05) is 44.6 Å². The van der Waals surface area contributed by atoms with Crippen LogP contribution in [0.15, 0.2) is 36.8 Å². The van der Waals surface area contributed by atoms with E-state index in [0.717, 1.165) is 30.6 Å². The van der Waals surface area contributed by atoms with E-state index in [1.54, 1.807) is 10.9 Å². The zero-order chi connectivity index (χ0) is 17.2. The summed E-state index contributed by atoms with van der Waals surface area (Å²) in [6.07, 6.45) is 8.38. The number of pyridine rings is 1. The van der Waals surface area contributed by atoms with Crippen molar-refractivity contribution in [2.45, 2.75) is 31.5 Å². The normalized spacial score (nSPS) is 22.1. The first kappa shape index (κ1) is 17.1. The number of likely N-dealkylation sites (tertiary alicyclic amines) is 1. The molecule has 0 saturated carbocycles. The molecule has 1 aliphatic rings. The SMILES string of the molecule is Cn1cc(C[C@H]2[C@H](NS(C)(=O)=O)CCN2Cc2ccccn2)cn1. The Balaban J connectivity index is 1.78. The summed E-state index contributed by atoms with van der Waals surface area (Å²) in [5.41, 5.74) is 2.10. The number of aryl methyl sites for hydroxylation is 1. The van der Waals surface area contributed by atoms with E-state index >= 15 is 0 Å². The van der Waals surface area contributed by atoms with Crippen molar-refractivity contribution in [2.75, 3.05) is 12.8 Å². The lowest BCUT2D eigenvalue weighted by atomic mass is 10.0. The maximum absolute atomic E-state index is 11.7. The van der Waals surface area contributed by atoms with Crippen LogP contribution < -0.4 is 4.72 Å². The van der Waals surface area contributed by atoms with Crippen molar-refractivity contribution in [3.63, 3.8) is 0 Å². The fraction of sp³-hybridized carbons (Fsp3) is 0.500. The number of aromatic nitrogens is 3. The second kappa shape index (κ2) is 7.00. The number of nitrogens with one attached hydrogen (secondary N) is 1. The van der Waals surface area contributed by atoms with Crippen LogP contribution in [-0.4, -0.2) is 53.0 Å². The first-order chi connectivity index (χ1) is 11.4. The third-order valence-electron chi connectivity index (χ3n) is 4.32. The topological polar surface area (TPSA) is 80.1 Å². The molecular weight excluding hydrogens is 326 g/mol. The highest BCUT2D eigenvalue weighted by Gasteiger charge is 2.36. The van der Waals surface area contributed by atoms with Crippen LogP contribution in [0, 0.1) is 0 Å². The summed E-state index contributed by atoms with van der Waals surface area (Å²) in [4.78, 5) is 6.69. The van der Waals surface area contributed by atoms with Crippen LogP contribution in [-0.2, 0) is 30.0 Å². The van der Waals surface area contributed by atoms with Crippen LogP contribution in [0.25, 0.3) is 0 Å². The summed E-state index contributed by atoms with van der Waals surface area (Å²) in [6.45, 7) is 1.56. The van der Waals surface area contributed by atoms with Crippen LogP contribution in [0.2, 0.25) is 0 Å². The van der Waals surface area contributed by atoms with Crippen LogP contribution in [0.5, 0.6) is 0 Å². The van der Waals surface area contributed by atoms with Crippen molar-refractivity contribution in [3.05, 3.63) is 48.0 Å². The van der Waals surface area contributed by atoms with Crippen molar-refractivity contribution < 1.29 is 8.42 Å². The lowest BCUT2D eigenvalue weighted by Crippen LogP contribution is -2.45. The molecule has 1 N–H and O–H groups in total. The molecule has 2 aromatic rings. The lowest BCUT2D eigenvalue weighted by Gasteiger charge is -2.27. The zero-order valence-electron chi connectivity index (χ0n) is 14.0. The molecule has 1 saturated heterocycles. The van der Waals surface area contributed by atoms with Crippen molar-refractivity contribution in [2.24, 2.45) is 7.05 Å². The Morgan fingerprint density at radius 2 is 2.21 bits per heavy atom. The molecule has 0 radical (unpaired) electrons. The van der Waals surface area contributed by atoms with Gasteiger partial charge in [-0.3, -0.25) is 14.6 Å². The van der Waals surface area contributed by atoms with E-state index in [-0.39, 0.29) is 12.1 Å². The van der Waals surface area contributed by atoms with Gasteiger partial charge >= 0.3 is 0 Å². The number of rotatable bonds is 6. The van der Waals surface area contributed by atoms with E-state index in [2.05, 4.69) is 19.7 Å². The molecule has 0 unspecified atom stereocenters. The van der Waals surface area contributed by atoms with Gasteiger partial charge in [0.25, 0.3) is 0 Å². The highest BCUT2D eigenvalue weighted by molar-refractivity contribution is 7.88. The lowest BCUT2D eigenvalue weighted by molar-refractivity contribution is 0.228. The minimum Gasteiger partial charge on any atom is -0.293 e. The molecule has 0 amide bonds. The molecule has 3 rings (SSSR count). The van der Waals surface area contributed by atoms with E-state index in [1.807, 2.05) is 37.6 Å². The molecule has 0 bridgehead atoms. The molecule has 2 atom stereocenters. The molecule has 0 spiro atoms. The van der Waals surface area contributed by atoms with Gasteiger partial charge in [0.05, 0.1) is 18.1 Å². The zero-order valence-corrected chi connectivity index (χ0v) is 14.8. The van der Waals surface area contributed by atoms with E-state index in [1.165, 1.54) is 6.26 Å². The Morgan fingerprint density at radius 3 is 2.83 bits per heavy atom. The van der Waals surface area contributed by atoms with Gasteiger partial charge in [0.2, 0.25) is 10.0 Å². The molecule has 8 heteroatoms. The quantitative estimate of drug-likeness (QED) is 0.824. The first-order valence-electron chi connectivity index (χ1n) is 7.99. The van der Waals surface area contributed by atoms with Crippen molar-refractivity contribution in [1.82, 2.24) is 24.4 Å². The largest absolute Gasteiger partial charge is 0.293 e. The predicted octanol–water partition coefficient (Wildman–Crippen LogP) is 0.550. The van der Waals surface area contributed by atoms with Gasteiger partial charge in [-0.2, -0.15) is 5.10 Å². The number of sulfonamides is 1. The molecule has 2 aromatic heterocycles. The summed E-state index contributed by atoms with van der Waals surface area (Å²) in [5.74, 6) is 0. The van der Waals surface area contributed by atoms with Gasteiger partial charge in [-0.1, -0.05) is 6.07 Å². The third kappa shape index (κ3) is 4.40. The molecule has 1 fully saturated rings. The number of hydrogen-bond donors (Lipinski definition) is 1. The second-order valence-corrected chi connectivity index (χ2v) is 8.15. The van der Waals surface area contributed by atoms with Crippen molar-refractivity contribution in [1.29, 1.82) is 0 Å². The molecule has 0 aromatic carbocycles. The standard InChI is InChI=1S/C16H23N5O2S/c1-20-11-13(10-18-20)9-16-15(19-24(2,22)23)6-8-21(16)12-14-5-3-4-7-17-14/h3-5,7,10-11,15-16,19H,6,8-9,12H2,1-2H3/t15-,16+/m1/s1. The summed E-state index contributed by atoms with van der Waals surface area (Å²) in [5, 5.41) is 4.21. The Hall–Kier alpha value is -1.77. The average molecular weight is 349 g/mol. The summed E-state index contributed by atoms with van der Waals surface area (Å²) >= 11 is 0. The summed E-state index contributed by atoms with van der Waals surface area (Å²) < 4.78 is 28.0. The van der Waals surface area contributed by atoms with Crippen LogP contribution >= 0.6 is 0 Å². The second-order valence-electron chi connectivity index (χ2n) is 6.37. The maximum Gasteiger partial charge on any atom is 0.209 e. The van der Waals surface area contributed by atoms with E-state index in [0.29, 0.717) is 6.54 Å². The highest BCUT2D eigenvalue weighted by atomic mass is 32.2. The van der Waals surface area contributed by atoms with Gasteiger partial charge < -0.3 is 0 Å².